The summed E-state index contributed by atoms with van der Waals surface area (Å²) in [7, 11) is 2.18. The molecule has 3 rings (SSSR count). The van der Waals surface area contributed by atoms with Crippen LogP contribution in [0.25, 0.3) is 11.3 Å². The Morgan fingerprint density at radius 1 is 1.20 bits per heavy atom. The SMILES string of the molecule is CCc1cc2c(n1C)-c1ccccc1C2. The van der Waals surface area contributed by atoms with E-state index in [9.17, 15) is 0 Å². The number of aryl methyl sites for hydroxylation is 1. The fourth-order valence-corrected chi connectivity index (χ4v) is 2.66. The highest BCUT2D eigenvalue weighted by atomic mass is 15.0. The van der Waals surface area contributed by atoms with Gasteiger partial charge in [-0.05, 0) is 23.6 Å². The lowest BCUT2D eigenvalue weighted by molar-refractivity contribution is 0.845. The Bertz CT molecular complexity index is 520. The Balaban J connectivity index is 2.26. The summed E-state index contributed by atoms with van der Waals surface area (Å²) in [4.78, 5) is 0. The molecule has 0 unspecified atom stereocenters. The van der Waals surface area contributed by atoms with Gasteiger partial charge < -0.3 is 4.57 Å². The second kappa shape index (κ2) is 2.99. The molecule has 1 aliphatic rings. The number of fused-ring (bicyclic) bond motifs is 3. The summed E-state index contributed by atoms with van der Waals surface area (Å²) in [5, 5.41) is 0. The van der Waals surface area contributed by atoms with Gasteiger partial charge in [0.05, 0.1) is 5.69 Å². The molecule has 0 radical (unpaired) electrons. The Morgan fingerprint density at radius 2 is 2.00 bits per heavy atom. The molecule has 0 amide bonds. The minimum Gasteiger partial charge on any atom is -0.347 e. The molecular formula is C14H15N. The van der Waals surface area contributed by atoms with E-state index in [0.717, 1.165) is 12.8 Å². The van der Waals surface area contributed by atoms with Crippen molar-refractivity contribution in [3.8, 4) is 11.3 Å². The standard InChI is InChI=1S/C14H15N/c1-3-12-9-11-8-10-6-4-5-7-13(10)14(11)15(12)2/h4-7,9H,3,8H2,1-2H3. The van der Waals surface area contributed by atoms with Gasteiger partial charge in [-0.2, -0.15) is 0 Å². The topological polar surface area (TPSA) is 4.93 Å². The molecule has 1 aromatic heterocycles. The first-order chi connectivity index (χ1) is 7.31. The number of hydrogen-bond acceptors (Lipinski definition) is 0. The van der Waals surface area contributed by atoms with E-state index in [0.29, 0.717) is 0 Å². The highest BCUT2D eigenvalue weighted by molar-refractivity contribution is 5.75. The molecule has 0 spiro atoms. The molecule has 0 saturated carbocycles. The van der Waals surface area contributed by atoms with Crippen molar-refractivity contribution in [2.45, 2.75) is 19.8 Å². The Kier molecular flexibility index (Phi) is 1.75. The zero-order valence-corrected chi connectivity index (χ0v) is 9.25. The maximum Gasteiger partial charge on any atom is 0.0518 e. The summed E-state index contributed by atoms with van der Waals surface area (Å²) in [5.41, 5.74) is 7.27. The van der Waals surface area contributed by atoms with E-state index in [1.54, 1.807) is 0 Å². The molecule has 1 nitrogen and oxygen atoms in total. The van der Waals surface area contributed by atoms with Crippen LogP contribution in [-0.4, -0.2) is 4.57 Å². The summed E-state index contributed by atoms with van der Waals surface area (Å²) in [5.74, 6) is 0. The van der Waals surface area contributed by atoms with Gasteiger partial charge in [-0.15, -0.1) is 0 Å². The molecule has 76 valence electrons. The molecule has 0 saturated heterocycles. The van der Waals surface area contributed by atoms with E-state index in [2.05, 4.69) is 48.9 Å². The number of benzene rings is 1. The summed E-state index contributed by atoms with van der Waals surface area (Å²) in [6.07, 6.45) is 2.23. The van der Waals surface area contributed by atoms with E-state index < -0.39 is 0 Å². The molecule has 1 heterocycles. The minimum atomic E-state index is 1.11. The predicted molar refractivity (Wildman–Crippen MR) is 63.0 cm³/mol. The first-order valence-corrected chi connectivity index (χ1v) is 5.57. The summed E-state index contributed by atoms with van der Waals surface area (Å²) in [6, 6.07) is 11.1. The average molecular weight is 197 g/mol. The van der Waals surface area contributed by atoms with Crippen LogP contribution in [0.3, 0.4) is 0 Å². The highest BCUT2D eigenvalue weighted by Gasteiger charge is 2.22. The lowest BCUT2D eigenvalue weighted by Gasteiger charge is -2.06. The third-order valence-corrected chi connectivity index (χ3v) is 3.43. The van der Waals surface area contributed by atoms with Crippen LogP contribution in [0.2, 0.25) is 0 Å². The quantitative estimate of drug-likeness (QED) is 0.564. The van der Waals surface area contributed by atoms with Crippen LogP contribution in [-0.2, 0) is 19.9 Å². The van der Waals surface area contributed by atoms with Crippen molar-refractivity contribution in [1.82, 2.24) is 4.57 Å². The molecule has 0 atom stereocenters. The van der Waals surface area contributed by atoms with Gasteiger partial charge in [0.15, 0.2) is 0 Å². The summed E-state index contributed by atoms with van der Waals surface area (Å²) in [6.45, 7) is 2.22. The summed E-state index contributed by atoms with van der Waals surface area (Å²) < 4.78 is 2.35. The number of aromatic nitrogens is 1. The van der Waals surface area contributed by atoms with Crippen molar-refractivity contribution in [2.24, 2.45) is 7.05 Å². The van der Waals surface area contributed by atoms with Crippen molar-refractivity contribution in [1.29, 1.82) is 0 Å². The second-order valence-electron chi connectivity index (χ2n) is 4.26. The van der Waals surface area contributed by atoms with Crippen LogP contribution in [0.1, 0.15) is 23.7 Å². The summed E-state index contributed by atoms with van der Waals surface area (Å²) >= 11 is 0. The van der Waals surface area contributed by atoms with Crippen molar-refractivity contribution in [3.05, 3.63) is 47.2 Å². The van der Waals surface area contributed by atoms with Gasteiger partial charge in [0.25, 0.3) is 0 Å². The Labute approximate surface area is 90.4 Å². The lowest BCUT2D eigenvalue weighted by Crippen LogP contribution is -1.96. The fourth-order valence-electron chi connectivity index (χ4n) is 2.66. The maximum atomic E-state index is 2.36. The minimum absolute atomic E-state index is 1.11. The first kappa shape index (κ1) is 8.78. The van der Waals surface area contributed by atoms with Crippen LogP contribution < -0.4 is 0 Å². The van der Waals surface area contributed by atoms with Crippen LogP contribution in [0.15, 0.2) is 30.3 Å². The molecule has 1 aliphatic carbocycles. The van der Waals surface area contributed by atoms with E-state index in [4.69, 9.17) is 0 Å². The van der Waals surface area contributed by atoms with Crippen LogP contribution in [0, 0.1) is 0 Å². The van der Waals surface area contributed by atoms with Crippen molar-refractivity contribution < 1.29 is 0 Å². The largest absolute Gasteiger partial charge is 0.347 e. The Morgan fingerprint density at radius 3 is 2.80 bits per heavy atom. The molecule has 1 aromatic carbocycles. The van der Waals surface area contributed by atoms with Gasteiger partial charge >= 0.3 is 0 Å². The Hall–Kier alpha value is -1.50. The van der Waals surface area contributed by atoms with Gasteiger partial charge in [-0.1, -0.05) is 31.2 Å². The second-order valence-corrected chi connectivity index (χ2v) is 4.26. The number of hydrogen-bond donors (Lipinski definition) is 0. The zero-order chi connectivity index (χ0) is 10.4. The molecule has 1 heteroatoms. The maximum absolute atomic E-state index is 2.36. The normalized spacial score (nSPS) is 12.7. The van der Waals surface area contributed by atoms with Crippen LogP contribution in [0.4, 0.5) is 0 Å². The third-order valence-electron chi connectivity index (χ3n) is 3.43. The van der Waals surface area contributed by atoms with Crippen molar-refractivity contribution >= 4 is 0 Å². The molecule has 0 bridgehead atoms. The molecule has 15 heavy (non-hydrogen) atoms. The van der Waals surface area contributed by atoms with Gasteiger partial charge in [-0.3, -0.25) is 0 Å². The molecule has 0 N–H and O–H groups in total. The van der Waals surface area contributed by atoms with Crippen molar-refractivity contribution in [3.63, 3.8) is 0 Å². The van der Waals surface area contributed by atoms with Gasteiger partial charge in [0.2, 0.25) is 0 Å². The van der Waals surface area contributed by atoms with Gasteiger partial charge in [0.1, 0.15) is 0 Å². The highest BCUT2D eigenvalue weighted by Crippen LogP contribution is 2.37. The van der Waals surface area contributed by atoms with Crippen molar-refractivity contribution in [2.75, 3.05) is 0 Å². The molecule has 0 aliphatic heterocycles. The average Bonchev–Trinajstić information content (AvgIpc) is 2.75. The first-order valence-electron chi connectivity index (χ1n) is 5.57. The molecular weight excluding hydrogens is 182 g/mol. The van der Waals surface area contributed by atoms with Crippen LogP contribution >= 0.6 is 0 Å². The smallest absolute Gasteiger partial charge is 0.0518 e. The third kappa shape index (κ3) is 1.09. The number of nitrogens with zero attached hydrogens (tertiary/aromatic N) is 1. The van der Waals surface area contributed by atoms with E-state index in [-0.39, 0.29) is 0 Å². The number of rotatable bonds is 1. The van der Waals surface area contributed by atoms with E-state index >= 15 is 0 Å². The van der Waals surface area contributed by atoms with Crippen LogP contribution in [0.5, 0.6) is 0 Å². The monoisotopic (exact) mass is 197 g/mol. The molecule has 2 aromatic rings. The van der Waals surface area contributed by atoms with E-state index in [1.807, 2.05) is 0 Å². The lowest BCUT2D eigenvalue weighted by atomic mass is 10.1. The fraction of sp³-hybridized carbons (Fsp3) is 0.286. The van der Waals surface area contributed by atoms with E-state index in [1.165, 1.54) is 28.1 Å². The van der Waals surface area contributed by atoms with Gasteiger partial charge in [-0.25, -0.2) is 0 Å². The predicted octanol–water partition coefficient (Wildman–Crippen LogP) is 3.16. The molecule has 0 fully saturated rings. The van der Waals surface area contributed by atoms with Gasteiger partial charge in [0, 0.05) is 24.7 Å². The zero-order valence-electron chi connectivity index (χ0n) is 9.25.